The van der Waals surface area contributed by atoms with Crippen LogP contribution in [0.15, 0.2) is 23.3 Å². The lowest BCUT2D eigenvalue weighted by Gasteiger charge is -2.13. The van der Waals surface area contributed by atoms with E-state index in [2.05, 4.69) is 41.2 Å². The van der Waals surface area contributed by atoms with Crippen LogP contribution in [0.5, 0.6) is 0 Å². The van der Waals surface area contributed by atoms with Crippen LogP contribution in [0.2, 0.25) is 11.6 Å². The highest BCUT2D eigenvalue weighted by atomic mass is 14.3. The number of rotatable bonds is 5. The Morgan fingerprint density at radius 3 is 2.27 bits per heavy atom. The standard InChI is InChI=1S/C14H25B/c1-7-11(6)12(8-9(2)3)14-13(15-14)10(4)5/h10,13-15H,2,7-8H2,1,3-6H3/b12-11-. The van der Waals surface area contributed by atoms with Gasteiger partial charge in [0, 0.05) is 0 Å². The quantitative estimate of drug-likeness (QED) is 0.461. The molecule has 84 valence electrons. The summed E-state index contributed by atoms with van der Waals surface area (Å²) in [7, 11) is 1.41. The van der Waals surface area contributed by atoms with Crippen LogP contribution in [0, 0.1) is 5.92 Å². The zero-order valence-corrected chi connectivity index (χ0v) is 11.1. The molecular formula is C14H25B. The van der Waals surface area contributed by atoms with Gasteiger partial charge in [-0.2, -0.15) is 0 Å². The van der Waals surface area contributed by atoms with Crippen LogP contribution in [-0.4, -0.2) is 7.28 Å². The van der Waals surface area contributed by atoms with E-state index in [4.69, 9.17) is 0 Å². The molecule has 0 aromatic rings. The SMILES string of the molecule is C=C(C)C/C(=C(\C)CC)C1BC1C(C)C. The molecule has 1 heterocycles. The predicted octanol–water partition coefficient (Wildman–Crippen LogP) is 4.36. The van der Waals surface area contributed by atoms with Gasteiger partial charge in [-0.3, -0.25) is 0 Å². The van der Waals surface area contributed by atoms with E-state index in [9.17, 15) is 0 Å². The van der Waals surface area contributed by atoms with Crippen molar-refractivity contribution in [2.24, 2.45) is 5.92 Å². The Kier molecular flexibility index (Phi) is 4.25. The maximum absolute atomic E-state index is 4.06. The average Bonchev–Trinajstić information content (AvgIpc) is 2.92. The van der Waals surface area contributed by atoms with E-state index in [1.165, 1.54) is 19.3 Å². The molecule has 1 fully saturated rings. The molecule has 1 heteroatoms. The zero-order chi connectivity index (χ0) is 11.6. The minimum atomic E-state index is 0.847. The third-order valence-electron chi connectivity index (χ3n) is 3.71. The Morgan fingerprint density at radius 1 is 1.33 bits per heavy atom. The minimum Gasteiger partial charge on any atom is -0.0998 e. The van der Waals surface area contributed by atoms with E-state index in [0.717, 1.165) is 24.0 Å². The highest BCUT2D eigenvalue weighted by Gasteiger charge is 2.43. The van der Waals surface area contributed by atoms with Gasteiger partial charge in [0.15, 0.2) is 0 Å². The lowest BCUT2D eigenvalue weighted by molar-refractivity contribution is 0.636. The van der Waals surface area contributed by atoms with Gasteiger partial charge >= 0.3 is 0 Å². The summed E-state index contributed by atoms with van der Waals surface area (Å²) < 4.78 is 0. The molecule has 0 N–H and O–H groups in total. The Labute approximate surface area is 96.1 Å². The summed E-state index contributed by atoms with van der Waals surface area (Å²) >= 11 is 0. The van der Waals surface area contributed by atoms with Crippen molar-refractivity contribution in [3.63, 3.8) is 0 Å². The fourth-order valence-corrected chi connectivity index (χ4v) is 2.50. The van der Waals surface area contributed by atoms with Gasteiger partial charge in [0.2, 0.25) is 0 Å². The van der Waals surface area contributed by atoms with Crippen molar-refractivity contribution in [3.05, 3.63) is 23.3 Å². The van der Waals surface area contributed by atoms with Gasteiger partial charge in [-0.25, -0.2) is 0 Å². The molecule has 0 aromatic carbocycles. The fraction of sp³-hybridized carbons (Fsp3) is 0.714. The molecule has 15 heavy (non-hydrogen) atoms. The second-order valence-corrected chi connectivity index (χ2v) is 5.54. The van der Waals surface area contributed by atoms with Crippen molar-refractivity contribution in [2.75, 3.05) is 0 Å². The van der Waals surface area contributed by atoms with Gasteiger partial charge in [-0.15, -0.1) is 0 Å². The Balaban J connectivity index is 2.72. The van der Waals surface area contributed by atoms with Gasteiger partial charge in [0.25, 0.3) is 0 Å². The molecule has 1 rings (SSSR count). The third kappa shape index (κ3) is 3.26. The monoisotopic (exact) mass is 204 g/mol. The summed E-state index contributed by atoms with van der Waals surface area (Å²) in [5, 5.41) is 0. The summed E-state index contributed by atoms with van der Waals surface area (Å²) in [6.07, 6.45) is 2.33. The number of allylic oxidation sites excluding steroid dienone is 3. The van der Waals surface area contributed by atoms with Crippen molar-refractivity contribution in [3.8, 4) is 0 Å². The van der Waals surface area contributed by atoms with Crippen LogP contribution in [0.1, 0.15) is 47.5 Å². The molecule has 0 spiro atoms. The van der Waals surface area contributed by atoms with Crippen LogP contribution in [0.4, 0.5) is 0 Å². The topological polar surface area (TPSA) is 0 Å². The van der Waals surface area contributed by atoms with Gasteiger partial charge in [0.1, 0.15) is 7.28 Å². The zero-order valence-electron chi connectivity index (χ0n) is 11.1. The Hall–Kier alpha value is -0.455. The highest BCUT2D eigenvalue weighted by Crippen LogP contribution is 2.54. The Morgan fingerprint density at radius 2 is 1.93 bits per heavy atom. The smallest absolute Gasteiger partial charge is 0.0998 e. The van der Waals surface area contributed by atoms with Crippen LogP contribution in [0.3, 0.4) is 0 Å². The van der Waals surface area contributed by atoms with Crippen molar-refractivity contribution in [1.82, 2.24) is 0 Å². The summed E-state index contributed by atoms with van der Waals surface area (Å²) in [6.45, 7) is 15.5. The van der Waals surface area contributed by atoms with Crippen molar-refractivity contribution >= 4 is 7.28 Å². The normalized spacial score (nSPS) is 26.0. The van der Waals surface area contributed by atoms with Crippen molar-refractivity contribution in [1.29, 1.82) is 0 Å². The first kappa shape index (κ1) is 12.6. The van der Waals surface area contributed by atoms with E-state index >= 15 is 0 Å². The first-order valence-corrected chi connectivity index (χ1v) is 6.30. The Bertz CT molecular complexity index is 273. The molecule has 0 amide bonds. The predicted molar refractivity (Wildman–Crippen MR) is 71.9 cm³/mol. The van der Waals surface area contributed by atoms with Gasteiger partial charge in [-0.1, -0.05) is 55.8 Å². The molecule has 0 saturated carbocycles. The molecule has 1 aliphatic rings. The van der Waals surface area contributed by atoms with E-state index in [1.54, 1.807) is 11.1 Å². The molecule has 0 aliphatic carbocycles. The van der Waals surface area contributed by atoms with Crippen molar-refractivity contribution < 1.29 is 0 Å². The van der Waals surface area contributed by atoms with Crippen LogP contribution < -0.4 is 0 Å². The molecule has 1 aliphatic heterocycles. The summed E-state index contributed by atoms with van der Waals surface area (Å²) in [6, 6.07) is 0. The molecule has 0 radical (unpaired) electrons. The first-order valence-electron chi connectivity index (χ1n) is 6.30. The van der Waals surface area contributed by atoms with E-state index in [-0.39, 0.29) is 0 Å². The largest absolute Gasteiger partial charge is 0.132 e. The molecule has 0 bridgehead atoms. The van der Waals surface area contributed by atoms with E-state index in [0.29, 0.717) is 0 Å². The third-order valence-corrected chi connectivity index (χ3v) is 3.71. The van der Waals surface area contributed by atoms with Crippen LogP contribution in [0.25, 0.3) is 0 Å². The molecule has 2 atom stereocenters. The van der Waals surface area contributed by atoms with Gasteiger partial charge < -0.3 is 0 Å². The maximum Gasteiger partial charge on any atom is 0.132 e. The minimum absolute atomic E-state index is 0.847. The van der Waals surface area contributed by atoms with Crippen LogP contribution in [-0.2, 0) is 0 Å². The number of hydrogen-bond donors (Lipinski definition) is 0. The molecule has 1 saturated heterocycles. The van der Waals surface area contributed by atoms with Crippen LogP contribution >= 0.6 is 0 Å². The second kappa shape index (κ2) is 5.05. The van der Waals surface area contributed by atoms with Crippen molar-refractivity contribution in [2.45, 2.75) is 59.1 Å². The fourth-order valence-electron chi connectivity index (χ4n) is 2.50. The lowest BCUT2D eigenvalue weighted by Crippen LogP contribution is -1.93. The van der Waals surface area contributed by atoms with Gasteiger partial charge in [-0.05, 0) is 32.5 Å². The highest BCUT2D eigenvalue weighted by molar-refractivity contribution is 6.55. The summed E-state index contributed by atoms with van der Waals surface area (Å²) in [5.41, 5.74) is 4.61. The average molecular weight is 204 g/mol. The second-order valence-electron chi connectivity index (χ2n) is 5.54. The molecule has 2 unspecified atom stereocenters. The molecule has 0 nitrogen and oxygen atoms in total. The maximum atomic E-state index is 4.06. The van der Waals surface area contributed by atoms with Gasteiger partial charge in [0.05, 0.1) is 0 Å². The molecular weight excluding hydrogens is 179 g/mol. The van der Waals surface area contributed by atoms with E-state index < -0.39 is 0 Å². The first-order chi connectivity index (χ1) is 6.97. The number of hydrogen-bond acceptors (Lipinski definition) is 0. The molecule has 0 aromatic heterocycles. The summed E-state index contributed by atoms with van der Waals surface area (Å²) in [4.78, 5) is 0. The summed E-state index contributed by atoms with van der Waals surface area (Å²) in [5.74, 6) is 2.67. The van der Waals surface area contributed by atoms with E-state index in [1.807, 2.05) is 0 Å². The lowest BCUT2D eigenvalue weighted by atomic mass is 9.88.